The van der Waals surface area contributed by atoms with Gasteiger partial charge >= 0.3 is 0 Å². The molecule has 0 atom stereocenters. The summed E-state index contributed by atoms with van der Waals surface area (Å²) in [7, 11) is 3.39. The minimum atomic E-state index is 0.109. The first kappa shape index (κ1) is 19.5. The number of hydrogen-bond donors (Lipinski definition) is 0. The molecule has 0 saturated carbocycles. The molecule has 5 nitrogen and oxygen atoms in total. The van der Waals surface area contributed by atoms with Gasteiger partial charge in [0.1, 0.15) is 10.8 Å². The number of para-hydroxylation sites is 1. The van der Waals surface area contributed by atoms with Crippen molar-refractivity contribution < 1.29 is 9.53 Å². The molecule has 0 unspecified atom stereocenters. The highest BCUT2D eigenvalue weighted by molar-refractivity contribution is 8.00. The Morgan fingerprint density at radius 2 is 2.14 bits per heavy atom. The van der Waals surface area contributed by atoms with Gasteiger partial charge in [-0.15, -0.1) is 0 Å². The molecule has 2 aromatic carbocycles. The summed E-state index contributed by atoms with van der Waals surface area (Å²) in [6.07, 6.45) is 3.81. The van der Waals surface area contributed by atoms with Gasteiger partial charge in [0.15, 0.2) is 0 Å². The van der Waals surface area contributed by atoms with E-state index in [0.717, 1.165) is 52.3 Å². The maximum absolute atomic E-state index is 13.0. The van der Waals surface area contributed by atoms with Crippen LogP contribution in [-0.4, -0.2) is 43.6 Å². The lowest BCUT2D eigenvalue weighted by Gasteiger charge is -2.29. The average molecular weight is 406 g/mol. The van der Waals surface area contributed by atoms with Crippen LogP contribution in [0.5, 0.6) is 5.75 Å². The summed E-state index contributed by atoms with van der Waals surface area (Å²) in [6, 6.07) is 16.0. The van der Waals surface area contributed by atoms with Crippen molar-refractivity contribution in [2.75, 3.05) is 31.4 Å². The molecule has 4 rings (SSSR count). The summed E-state index contributed by atoms with van der Waals surface area (Å²) in [4.78, 5) is 23.8. The third-order valence-corrected chi connectivity index (χ3v) is 6.02. The summed E-state index contributed by atoms with van der Waals surface area (Å²) in [5, 5.41) is 1.80. The van der Waals surface area contributed by atoms with Gasteiger partial charge in [-0.2, -0.15) is 0 Å². The van der Waals surface area contributed by atoms with Gasteiger partial charge < -0.3 is 9.64 Å². The van der Waals surface area contributed by atoms with Crippen LogP contribution in [0.1, 0.15) is 17.5 Å². The van der Waals surface area contributed by atoms with Gasteiger partial charge in [0.05, 0.1) is 18.4 Å². The maximum Gasteiger partial charge on any atom is 0.237 e. The van der Waals surface area contributed by atoms with Crippen molar-refractivity contribution in [3.8, 4) is 5.75 Å². The van der Waals surface area contributed by atoms with E-state index in [2.05, 4.69) is 11.1 Å². The number of carbonyl (C=O) groups is 1. The molecule has 29 heavy (non-hydrogen) atoms. The Bertz CT molecular complexity index is 1080. The second-order valence-electron chi connectivity index (χ2n) is 6.89. The molecule has 1 aliphatic rings. The number of fused-ring (bicyclic) bond motifs is 2. The highest BCUT2D eigenvalue weighted by atomic mass is 32.2. The summed E-state index contributed by atoms with van der Waals surface area (Å²) < 4.78 is 5.31. The number of pyridine rings is 1. The highest BCUT2D eigenvalue weighted by Gasteiger charge is 2.22. The number of thioether (sulfide) groups is 1. The van der Waals surface area contributed by atoms with E-state index < -0.39 is 0 Å². The first-order chi connectivity index (χ1) is 14.2. The first-order valence-corrected chi connectivity index (χ1v) is 10.6. The van der Waals surface area contributed by atoms with E-state index in [1.807, 2.05) is 47.4 Å². The van der Waals surface area contributed by atoms with Crippen LogP contribution < -0.4 is 9.64 Å². The zero-order chi connectivity index (χ0) is 20.2. The number of anilines is 1. The number of benzene rings is 2. The number of amides is 1. The molecule has 0 radical (unpaired) electrons. The second-order valence-corrected chi connectivity index (χ2v) is 7.86. The molecule has 3 aromatic rings. The summed E-state index contributed by atoms with van der Waals surface area (Å²) in [5.74, 6) is 1.24. The van der Waals surface area contributed by atoms with E-state index >= 15 is 0 Å². The molecule has 0 bridgehead atoms. The average Bonchev–Trinajstić information content (AvgIpc) is 2.76. The molecule has 2 heterocycles. The Morgan fingerprint density at radius 3 is 2.97 bits per heavy atom. The van der Waals surface area contributed by atoms with Crippen LogP contribution in [0.4, 0.5) is 5.69 Å². The minimum absolute atomic E-state index is 0.109. The van der Waals surface area contributed by atoms with Crippen molar-refractivity contribution in [3.05, 3.63) is 59.7 Å². The standard InChI is InChI=1S/C23H23N3O2S/c1-24-14-18-12-17-13-19(28-2)9-10-20(17)25-23(18)29-15-22(27)26-11-5-7-16-6-3-4-8-21(16)26/h3-4,6,8-10,12-14H,5,7,11,15H2,1-2H3/b24-14+. The summed E-state index contributed by atoms with van der Waals surface area (Å²) >= 11 is 1.46. The molecule has 1 amide bonds. The predicted molar refractivity (Wildman–Crippen MR) is 120 cm³/mol. The Hall–Kier alpha value is -2.86. The van der Waals surface area contributed by atoms with Crippen LogP contribution in [0.15, 0.2) is 58.5 Å². The maximum atomic E-state index is 13.0. The number of carbonyl (C=O) groups excluding carboxylic acids is 1. The Labute approximate surface area is 174 Å². The quantitative estimate of drug-likeness (QED) is 0.467. The lowest BCUT2D eigenvalue weighted by atomic mass is 10.0. The first-order valence-electron chi connectivity index (χ1n) is 9.61. The number of aromatic nitrogens is 1. The normalized spacial score (nSPS) is 13.7. The molecular weight excluding hydrogens is 382 g/mol. The minimum Gasteiger partial charge on any atom is -0.497 e. The fourth-order valence-corrected chi connectivity index (χ4v) is 4.49. The Balaban J connectivity index is 1.58. The van der Waals surface area contributed by atoms with E-state index in [9.17, 15) is 4.79 Å². The number of hydrogen-bond acceptors (Lipinski definition) is 5. The molecule has 1 aromatic heterocycles. The number of aryl methyl sites for hydroxylation is 1. The van der Waals surface area contributed by atoms with Crippen LogP contribution in [0.25, 0.3) is 10.9 Å². The molecule has 0 fully saturated rings. The van der Waals surface area contributed by atoms with E-state index in [1.165, 1.54) is 17.3 Å². The van der Waals surface area contributed by atoms with Crippen LogP contribution in [-0.2, 0) is 11.2 Å². The van der Waals surface area contributed by atoms with Gasteiger partial charge in [0.2, 0.25) is 5.91 Å². The summed E-state index contributed by atoms with van der Waals surface area (Å²) in [6.45, 7) is 0.768. The lowest BCUT2D eigenvalue weighted by Crippen LogP contribution is -2.36. The van der Waals surface area contributed by atoms with Crippen molar-refractivity contribution in [3.63, 3.8) is 0 Å². The van der Waals surface area contributed by atoms with Gasteiger partial charge in [-0.1, -0.05) is 30.0 Å². The van der Waals surface area contributed by atoms with Gasteiger partial charge in [-0.05, 0) is 48.7 Å². The molecule has 6 heteroatoms. The molecular formula is C23H23N3O2S. The molecule has 0 saturated heterocycles. The Morgan fingerprint density at radius 1 is 1.28 bits per heavy atom. The van der Waals surface area contributed by atoms with Crippen molar-refractivity contribution in [1.29, 1.82) is 0 Å². The van der Waals surface area contributed by atoms with Gasteiger partial charge in [0, 0.05) is 36.4 Å². The monoisotopic (exact) mass is 405 g/mol. The number of methoxy groups -OCH3 is 1. The largest absolute Gasteiger partial charge is 0.497 e. The smallest absolute Gasteiger partial charge is 0.237 e. The van der Waals surface area contributed by atoms with E-state index in [4.69, 9.17) is 9.72 Å². The van der Waals surface area contributed by atoms with Crippen LogP contribution >= 0.6 is 11.8 Å². The molecule has 0 spiro atoms. The molecule has 148 valence electrons. The van der Waals surface area contributed by atoms with Crippen molar-refractivity contribution >= 4 is 40.5 Å². The van der Waals surface area contributed by atoms with Crippen LogP contribution in [0, 0.1) is 0 Å². The third kappa shape index (κ3) is 4.12. The molecule has 1 aliphatic heterocycles. The van der Waals surface area contributed by atoms with Crippen molar-refractivity contribution in [2.45, 2.75) is 17.9 Å². The lowest BCUT2D eigenvalue weighted by molar-refractivity contribution is -0.116. The summed E-state index contributed by atoms with van der Waals surface area (Å²) in [5.41, 5.74) is 4.06. The SMILES string of the molecule is C/N=C/c1cc2cc(OC)ccc2nc1SCC(=O)N1CCCc2ccccc21. The number of nitrogens with zero attached hydrogens (tertiary/aromatic N) is 3. The van der Waals surface area contributed by atoms with Crippen molar-refractivity contribution in [1.82, 2.24) is 4.98 Å². The number of rotatable bonds is 5. The fourth-order valence-electron chi connectivity index (χ4n) is 3.63. The van der Waals surface area contributed by atoms with Gasteiger partial charge in [0.25, 0.3) is 0 Å². The Kier molecular flexibility index (Phi) is 5.81. The van der Waals surface area contributed by atoms with Crippen LogP contribution in [0.2, 0.25) is 0 Å². The topological polar surface area (TPSA) is 54.8 Å². The zero-order valence-corrected chi connectivity index (χ0v) is 17.4. The zero-order valence-electron chi connectivity index (χ0n) is 16.6. The molecule has 0 N–H and O–H groups in total. The highest BCUT2D eigenvalue weighted by Crippen LogP contribution is 2.30. The van der Waals surface area contributed by atoms with Crippen LogP contribution in [0.3, 0.4) is 0 Å². The van der Waals surface area contributed by atoms with E-state index in [1.54, 1.807) is 20.4 Å². The number of aliphatic imine (C=N–C) groups is 1. The molecule has 0 aliphatic carbocycles. The van der Waals surface area contributed by atoms with Crippen molar-refractivity contribution in [2.24, 2.45) is 4.99 Å². The van der Waals surface area contributed by atoms with Gasteiger partial charge in [-0.25, -0.2) is 4.98 Å². The fraction of sp³-hybridized carbons (Fsp3) is 0.261. The predicted octanol–water partition coefficient (Wildman–Crippen LogP) is 4.36. The van der Waals surface area contributed by atoms with E-state index in [-0.39, 0.29) is 5.91 Å². The third-order valence-electron chi connectivity index (χ3n) is 5.03. The second kappa shape index (κ2) is 8.66. The van der Waals surface area contributed by atoms with E-state index in [0.29, 0.717) is 5.75 Å². The number of ether oxygens (including phenoxy) is 1. The van der Waals surface area contributed by atoms with Gasteiger partial charge in [-0.3, -0.25) is 9.79 Å².